The molecule has 0 aliphatic rings. The number of hydrogen-bond donors (Lipinski definition) is 3. The fourth-order valence-corrected chi connectivity index (χ4v) is 2.85. The lowest BCUT2D eigenvalue weighted by molar-refractivity contribution is 0.0696. The van der Waals surface area contributed by atoms with Crippen LogP contribution in [0, 0.1) is 6.92 Å². The summed E-state index contributed by atoms with van der Waals surface area (Å²) in [6.07, 6.45) is 1.26. The molecule has 0 saturated heterocycles. The predicted molar refractivity (Wildman–Crippen MR) is 83.2 cm³/mol. The van der Waals surface area contributed by atoms with Gasteiger partial charge in [-0.3, -0.25) is 0 Å². The Bertz CT molecular complexity index is 844. The number of nitrogen functional groups attached to an aromatic ring is 1. The molecule has 0 amide bonds. The van der Waals surface area contributed by atoms with Crippen molar-refractivity contribution in [2.45, 2.75) is 6.92 Å². The lowest BCUT2D eigenvalue weighted by Gasteiger charge is -2.05. The molecule has 0 saturated carbocycles. The number of rotatable bonds is 3. The molecule has 0 aliphatic carbocycles. The van der Waals surface area contributed by atoms with Gasteiger partial charge in [-0.1, -0.05) is 17.4 Å². The van der Waals surface area contributed by atoms with Crippen molar-refractivity contribution in [3.8, 4) is 0 Å². The van der Waals surface area contributed by atoms with E-state index in [0.717, 1.165) is 10.2 Å². The molecule has 4 N–H and O–H groups in total. The van der Waals surface area contributed by atoms with Crippen LogP contribution in [-0.4, -0.2) is 21.0 Å². The highest BCUT2D eigenvalue weighted by Gasteiger charge is 2.10. The summed E-state index contributed by atoms with van der Waals surface area (Å²) in [6, 6.07) is 7.38. The average molecular weight is 300 g/mol. The van der Waals surface area contributed by atoms with Crippen molar-refractivity contribution in [1.82, 2.24) is 9.97 Å². The van der Waals surface area contributed by atoms with Crippen LogP contribution in [0.15, 0.2) is 30.5 Å². The van der Waals surface area contributed by atoms with Crippen molar-refractivity contribution in [1.29, 1.82) is 0 Å². The molecule has 106 valence electrons. The Labute approximate surface area is 124 Å². The minimum absolute atomic E-state index is 0.0537. The molecule has 1 aromatic carbocycles. The molecule has 0 bridgehead atoms. The van der Waals surface area contributed by atoms with E-state index in [9.17, 15) is 4.79 Å². The topological polar surface area (TPSA) is 101 Å². The van der Waals surface area contributed by atoms with Crippen LogP contribution < -0.4 is 11.1 Å². The van der Waals surface area contributed by atoms with Crippen molar-refractivity contribution in [3.05, 3.63) is 41.6 Å². The molecule has 2 heterocycles. The minimum Gasteiger partial charge on any atom is -0.478 e. The molecular weight excluding hydrogens is 288 g/mol. The zero-order valence-electron chi connectivity index (χ0n) is 11.1. The molecule has 3 rings (SSSR count). The lowest BCUT2D eigenvalue weighted by atomic mass is 10.2. The maximum absolute atomic E-state index is 10.8. The van der Waals surface area contributed by atoms with Gasteiger partial charge in [-0.15, -0.1) is 0 Å². The summed E-state index contributed by atoms with van der Waals surface area (Å²) in [6.45, 7) is 2.02. The minimum atomic E-state index is -1.06. The number of nitrogens with two attached hydrogens (primary N) is 1. The van der Waals surface area contributed by atoms with Crippen LogP contribution in [0.2, 0.25) is 0 Å². The van der Waals surface area contributed by atoms with Gasteiger partial charge in [0.25, 0.3) is 0 Å². The number of carbonyl (C=O) groups is 1. The summed E-state index contributed by atoms with van der Waals surface area (Å²) in [5, 5.41) is 12.6. The first-order valence-electron chi connectivity index (χ1n) is 6.16. The lowest BCUT2D eigenvalue weighted by Crippen LogP contribution is -2.03. The SMILES string of the molecule is Cc1ccc2nc(Nc3ncc(C(=O)O)cc3N)sc2c1. The Balaban J connectivity index is 1.93. The zero-order valence-corrected chi connectivity index (χ0v) is 11.9. The quantitative estimate of drug-likeness (QED) is 0.687. The Morgan fingerprint density at radius 1 is 1.38 bits per heavy atom. The summed E-state index contributed by atoms with van der Waals surface area (Å²) < 4.78 is 1.07. The maximum Gasteiger partial charge on any atom is 0.337 e. The van der Waals surface area contributed by atoms with Gasteiger partial charge in [0.15, 0.2) is 10.9 Å². The first kappa shape index (κ1) is 13.3. The van der Waals surface area contributed by atoms with Crippen LogP contribution in [0.25, 0.3) is 10.2 Å². The van der Waals surface area contributed by atoms with E-state index in [0.29, 0.717) is 10.9 Å². The molecule has 0 spiro atoms. The Hall–Kier alpha value is -2.67. The van der Waals surface area contributed by atoms with Gasteiger partial charge in [0.1, 0.15) is 0 Å². The largest absolute Gasteiger partial charge is 0.478 e. The number of pyridine rings is 1. The van der Waals surface area contributed by atoms with E-state index in [1.54, 1.807) is 0 Å². The van der Waals surface area contributed by atoms with Crippen LogP contribution in [0.3, 0.4) is 0 Å². The monoisotopic (exact) mass is 300 g/mol. The van der Waals surface area contributed by atoms with Gasteiger partial charge in [0.2, 0.25) is 0 Å². The number of aromatic nitrogens is 2. The van der Waals surface area contributed by atoms with E-state index in [1.807, 2.05) is 19.1 Å². The number of aromatic carboxylic acids is 1. The molecule has 0 atom stereocenters. The first-order valence-corrected chi connectivity index (χ1v) is 6.97. The fourth-order valence-electron chi connectivity index (χ4n) is 1.89. The molecule has 0 unspecified atom stereocenters. The number of anilines is 3. The number of aryl methyl sites for hydroxylation is 1. The molecule has 0 radical (unpaired) electrons. The van der Waals surface area contributed by atoms with Crippen LogP contribution in [0.1, 0.15) is 15.9 Å². The van der Waals surface area contributed by atoms with Crippen LogP contribution in [0.5, 0.6) is 0 Å². The number of benzene rings is 1. The number of hydrogen-bond acceptors (Lipinski definition) is 6. The second kappa shape index (κ2) is 5.02. The number of nitrogens with zero attached hydrogens (tertiary/aromatic N) is 2. The summed E-state index contributed by atoms with van der Waals surface area (Å²) in [4.78, 5) is 19.3. The Morgan fingerprint density at radius 3 is 2.90 bits per heavy atom. The van der Waals surface area contributed by atoms with Crippen molar-refractivity contribution in [2.24, 2.45) is 0 Å². The van der Waals surface area contributed by atoms with Crippen LogP contribution in [-0.2, 0) is 0 Å². The summed E-state index contributed by atoms with van der Waals surface area (Å²) >= 11 is 1.49. The number of fused-ring (bicyclic) bond motifs is 1. The fraction of sp³-hybridized carbons (Fsp3) is 0.0714. The standard InChI is InChI=1S/C14H12N4O2S/c1-7-2-3-10-11(4-7)21-14(17-10)18-12-9(15)5-8(6-16-12)13(19)20/h2-6H,15H2,1H3,(H,19,20)(H,16,17,18). The summed E-state index contributed by atoms with van der Waals surface area (Å²) in [5.41, 5.74) is 8.20. The smallest absolute Gasteiger partial charge is 0.337 e. The van der Waals surface area contributed by atoms with Gasteiger partial charge in [-0.25, -0.2) is 14.8 Å². The van der Waals surface area contributed by atoms with E-state index in [2.05, 4.69) is 21.4 Å². The highest BCUT2D eigenvalue weighted by Crippen LogP contribution is 2.30. The third-order valence-electron chi connectivity index (χ3n) is 2.93. The molecule has 0 fully saturated rings. The molecule has 0 aliphatic heterocycles. The number of carboxylic acid groups (broad SMARTS) is 1. The molecule has 7 heteroatoms. The number of thiazole rings is 1. The van der Waals surface area contributed by atoms with Gasteiger partial charge in [-0.2, -0.15) is 0 Å². The number of nitrogens with one attached hydrogen (secondary N) is 1. The third-order valence-corrected chi connectivity index (χ3v) is 3.87. The van der Waals surface area contributed by atoms with Crippen LogP contribution >= 0.6 is 11.3 Å². The van der Waals surface area contributed by atoms with Crippen molar-refractivity contribution in [2.75, 3.05) is 11.1 Å². The van der Waals surface area contributed by atoms with Gasteiger partial charge in [-0.05, 0) is 30.7 Å². The second-order valence-corrected chi connectivity index (χ2v) is 5.61. The highest BCUT2D eigenvalue weighted by molar-refractivity contribution is 7.22. The van der Waals surface area contributed by atoms with Crippen LogP contribution in [0.4, 0.5) is 16.6 Å². The van der Waals surface area contributed by atoms with Gasteiger partial charge in [0, 0.05) is 6.20 Å². The highest BCUT2D eigenvalue weighted by atomic mass is 32.1. The second-order valence-electron chi connectivity index (χ2n) is 4.58. The molecule has 6 nitrogen and oxygen atoms in total. The first-order chi connectivity index (χ1) is 10.0. The molecule has 2 aromatic heterocycles. The van der Waals surface area contributed by atoms with Gasteiger partial charge >= 0.3 is 5.97 Å². The van der Waals surface area contributed by atoms with Crippen molar-refractivity contribution < 1.29 is 9.90 Å². The maximum atomic E-state index is 10.8. The van der Waals surface area contributed by atoms with Crippen molar-refractivity contribution in [3.63, 3.8) is 0 Å². The normalized spacial score (nSPS) is 10.7. The summed E-state index contributed by atoms with van der Waals surface area (Å²) in [7, 11) is 0. The molecular formula is C14H12N4O2S. The van der Waals surface area contributed by atoms with E-state index in [4.69, 9.17) is 10.8 Å². The van der Waals surface area contributed by atoms with Crippen molar-refractivity contribution >= 4 is 44.2 Å². The Kier molecular flexibility index (Phi) is 3.19. The summed E-state index contributed by atoms with van der Waals surface area (Å²) in [5.74, 6) is -0.660. The molecule has 21 heavy (non-hydrogen) atoms. The zero-order chi connectivity index (χ0) is 15.0. The number of carboxylic acids is 1. The van der Waals surface area contributed by atoms with E-state index in [-0.39, 0.29) is 11.3 Å². The third kappa shape index (κ3) is 2.63. The van der Waals surface area contributed by atoms with E-state index >= 15 is 0 Å². The molecule has 3 aromatic rings. The van der Waals surface area contributed by atoms with Gasteiger partial charge < -0.3 is 16.2 Å². The average Bonchev–Trinajstić information content (AvgIpc) is 2.82. The predicted octanol–water partition coefficient (Wildman–Crippen LogP) is 3.02. The van der Waals surface area contributed by atoms with E-state index in [1.165, 1.54) is 29.2 Å². The van der Waals surface area contributed by atoms with Gasteiger partial charge in [0.05, 0.1) is 21.5 Å². The Morgan fingerprint density at radius 2 is 2.19 bits per heavy atom. The van der Waals surface area contributed by atoms with E-state index < -0.39 is 5.97 Å².